The van der Waals surface area contributed by atoms with Gasteiger partial charge in [-0.25, -0.2) is 8.42 Å². The van der Waals surface area contributed by atoms with Crippen LogP contribution in [0.2, 0.25) is 0 Å². The quantitative estimate of drug-likeness (QED) is 0.791. The van der Waals surface area contributed by atoms with Crippen LogP contribution >= 0.6 is 0 Å². The summed E-state index contributed by atoms with van der Waals surface area (Å²) in [5, 5.41) is 0. The summed E-state index contributed by atoms with van der Waals surface area (Å²) in [4.78, 5) is 2.15. The molecule has 0 heterocycles. The lowest BCUT2D eigenvalue weighted by molar-refractivity contribution is 0.271. The van der Waals surface area contributed by atoms with Crippen molar-refractivity contribution in [3.8, 4) is 0 Å². The first-order valence-corrected chi connectivity index (χ1v) is 6.69. The summed E-state index contributed by atoms with van der Waals surface area (Å²) in [6, 6.07) is 8.40. The number of hydrogen-bond donors (Lipinski definition) is 1. The second kappa shape index (κ2) is 5.43. The van der Waals surface area contributed by atoms with Gasteiger partial charge in [0, 0.05) is 0 Å². The first kappa shape index (κ1) is 13.2. The molecular formula is C11H18N2O2S. The van der Waals surface area contributed by atoms with Crippen molar-refractivity contribution in [1.29, 1.82) is 0 Å². The van der Waals surface area contributed by atoms with Crippen LogP contribution in [0, 0.1) is 0 Å². The van der Waals surface area contributed by atoms with Gasteiger partial charge < -0.3 is 0 Å². The van der Waals surface area contributed by atoms with Crippen LogP contribution in [-0.4, -0.2) is 33.6 Å². The fourth-order valence-electron chi connectivity index (χ4n) is 1.40. The summed E-state index contributed by atoms with van der Waals surface area (Å²) < 4.78 is 26.6. The first-order chi connectivity index (χ1) is 7.47. The van der Waals surface area contributed by atoms with Crippen LogP contribution in [0.15, 0.2) is 35.2 Å². The monoisotopic (exact) mass is 242 g/mol. The van der Waals surface area contributed by atoms with E-state index < -0.39 is 10.0 Å². The Morgan fingerprint density at radius 2 is 1.81 bits per heavy atom. The molecule has 0 aliphatic heterocycles. The normalized spacial score (nSPS) is 14.0. The lowest BCUT2D eigenvalue weighted by Crippen LogP contribution is -2.44. The van der Waals surface area contributed by atoms with Crippen molar-refractivity contribution in [2.45, 2.75) is 24.4 Å². The molecule has 0 radical (unpaired) electrons. The summed E-state index contributed by atoms with van der Waals surface area (Å²) in [6.07, 6.45) is 0.546. The minimum absolute atomic E-state index is 0.176. The van der Waals surface area contributed by atoms with E-state index in [1.807, 2.05) is 25.9 Å². The van der Waals surface area contributed by atoms with Gasteiger partial charge in [0.25, 0.3) is 0 Å². The molecule has 16 heavy (non-hydrogen) atoms. The highest BCUT2D eigenvalue weighted by molar-refractivity contribution is 7.89. The van der Waals surface area contributed by atoms with E-state index in [1.54, 1.807) is 30.3 Å². The lowest BCUT2D eigenvalue weighted by Gasteiger charge is -2.23. The van der Waals surface area contributed by atoms with Crippen LogP contribution in [0.4, 0.5) is 0 Å². The third-order valence-corrected chi connectivity index (χ3v) is 3.83. The fourth-order valence-corrected chi connectivity index (χ4v) is 2.79. The first-order valence-electron chi connectivity index (χ1n) is 5.21. The topological polar surface area (TPSA) is 49.4 Å². The highest BCUT2D eigenvalue weighted by Crippen LogP contribution is 2.09. The molecule has 0 aliphatic rings. The average Bonchev–Trinajstić information content (AvgIpc) is 2.27. The molecule has 5 heteroatoms. The summed E-state index contributed by atoms with van der Waals surface area (Å²) in [5.41, 5.74) is 0. The van der Waals surface area contributed by atoms with Crippen LogP contribution in [0.3, 0.4) is 0 Å². The largest absolute Gasteiger partial charge is 0.293 e. The molecule has 0 fully saturated rings. The van der Waals surface area contributed by atoms with Crippen molar-refractivity contribution in [2.24, 2.45) is 0 Å². The van der Waals surface area contributed by atoms with Gasteiger partial charge in [0.15, 0.2) is 0 Å². The Balaban J connectivity index is 2.88. The van der Waals surface area contributed by atoms with Gasteiger partial charge in [-0.3, -0.25) is 4.90 Å². The summed E-state index contributed by atoms with van der Waals surface area (Å²) in [5.74, 6) is 0. The van der Waals surface area contributed by atoms with E-state index >= 15 is 0 Å². The van der Waals surface area contributed by atoms with E-state index in [2.05, 4.69) is 4.72 Å². The zero-order valence-corrected chi connectivity index (χ0v) is 10.7. The maximum Gasteiger partial charge on any atom is 0.241 e. The molecule has 0 saturated carbocycles. The number of hydrogen-bond acceptors (Lipinski definition) is 3. The number of nitrogens with one attached hydrogen (secondary N) is 1. The molecule has 0 saturated heterocycles. The number of benzene rings is 1. The van der Waals surface area contributed by atoms with Gasteiger partial charge in [-0.05, 0) is 32.6 Å². The third kappa shape index (κ3) is 3.30. The molecule has 1 unspecified atom stereocenters. The van der Waals surface area contributed by atoms with Crippen molar-refractivity contribution >= 4 is 10.0 Å². The number of sulfonamides is 1. The summed E-state index contributed by atoms with van der Waals surface area (Å²) in [6.45, 7) is 1.94. The Morgan fingerprint density at radius 1 is 1.25 bits per heavy atom. The standard InChI is InChI=1S/C11H18N2O2S/c1-4-11(13(2)3)12-16(14,15)10-8-6-5-7-9-10/h5-9,11-12H,4H2,1-3H3. The SMILES string of the molecule is CCC(NS(=O)(=O)c1ccccc1)N(C)C. The van der Waals surface area contributed by atoms with Crippen LogP contribution < -0.4 is 4.72 Å². The minimum atomic E-state index is -3.41. The smallest absolute Gasteiger partial charge is 0.241 e. The van der Waals surface area contributed by atoms with Gasteiger partial charge in [-0.15, -0.1) is 0 Å². The zero-order valence-electron chi connectivity index (χ0n) is 9.84. The van der Waals surface area contributed by atoms with E-state index in [0.29, 0.717) is 4.90 Å². The van der Waals surface area contributed by atoms with Gasteiger partial charge in [0.05, 0.1) is 11.1 Å². The third-order valence-electron chi connectivity index (χ3n) is 2.35. The van der Waals surface area contributed by atoms with Crippen LogP contribution in [0.1, 0.15) is 13.3 Å². The molecule has 1 rings (SSSR count). The molecule has 0 aliphatic carbocycles. The molecule has 1 atom stereocenters. The Morgan fingerprint density at radius 3 is 2.25 bits per heavy atom. The van der Waals surface area contributed by atoms with Gasteiger partial charge in [0.1, 0.15) is 0 Å². The predicted octanol–water partition coefficient (Wildman–Crippen LogP) is 1.26. The van der Waals surface area contributed by atoms with Gasteiger partial charge in [-0.1, -0.05) is 25.1 Å². The molecule has 1 N–H and O–H groups in total. The van der Waals surface area contributed by atoms with Gasteiger partial charge in [-0.2, -0.15) is 4.72 Å². The van der Waals surface area contributed by atoms with E-state index in [1.165, 1.54) is 0 Å². The van der Waals surface area contributed by atoms with Crippen LogP contribution in [0.5, 0.6) is 0 Å². The van der Waals surface area contributed by atoms with Crippen molar-refractivity contribution in [1.82, 2.24) is 9.62 Å². The molecule has 4 nitrogen and oxygen atoms in total. The van der Waals surface area contributed by atoms with Crippen molar-refractivity contribution in [3.05, 3.63) is 30.3 Å². The molecule has 0 amide bonds. The molecule has 0 bridgehead atoms. The second-order valence-corrected chi connectivity index (χ2v) is 5.54. The van der Waals surface area contributed by atoms with Gasteiger partial charge in [0.2, 0.25) is 10.0 Å². The molecule has 1 aromatic rings. The molecule has 0 spiro atoms. The highest BCUT2D eigenvalue weighted by atomic mass is 32.2. The maximum atomic E-state index is 12.0. The maximum absolute atomic E-state index is 12.0. The van der Waals surface area contributed by atoms with E-state index in [-0.39, 0.29) is 6.17 Å². The Kier molecular flexibility index (Phi) is 4.46. The lowest BCUT2D eigenvalue weighted by atomic mass is 10.4. The number of rotatable bonds is 5. The molecular weight excluding hydrogens is 224 g/mol. The van der Waals surface area contributed by atoms with Crippen molar-refractivity contribution in [3.63, 3.8) is 0 Å². The van der Waals surface area contributed by atoms with Crippen molar-refractivity contribution in [2.75, 3.05) is 14.1 Å². The summed E-state index contributed by atoms with van der Waals surface area (Å²) >= 11 is 0. The predicted molar refractivity (Wildman–Crippen MR) is 64.5 cm³/mol. The van der Waals surface area contributed by atoms with Crippen LogP contribution in [0.25, 0.3) is 0 Å². The van der Waals surface area contributed by atoms with Crippen LogP contribution in [-0.2, 0) is 10.0 Å². The Labute approximate surface area is 97.3 Å². The number of nitrogens with zero attached hydrogens (tertiary/aromatic N) is 1. The van der Waals surface area contributed by atoms with Crippen molar-refractivity contribution < 1.29 is 8.42 Å². The highest BCUT2D eigenvalue weighted by Gasteiger charge is 2.19. The average molecular weight is 242 g/mol. The van der Waals surface area contributed by atoms with E-state index in [0.717, 1.165) is 6.42 Å². The molecule has 90 valence electrons. The molecule has 1 aromatic carbocycles. The van der Waals surface area contributed by atoms with E-state index in [4.69, 9.17) is 0 Å². The molecule has 0 aromatic heterocycles. The zero-order chi connectivity index (χ0) is 12.2. The van der Waals surface area contributed by atoms with Gasteiger partial charge >= 0.3 is 0 Å². The Bertz CT molecular complexity index is 415. The Hall–Kier alpha value is -0.910. The minimum Gasteiger partial charge on any atom is -0.293 e. The fraction of sp³-hybridized carbons (Fsp3) is 0.455. The second-order valence-electron chi connectivity index (χ2n) is 3.82. The summed E-state index contributed by atoms with van der Waals surface area (Å²) in [7, 11) is 0.289. The van der Waals surface area contributed by atoms with E-state index in [9.17, 15) is 8.42 Å².